The molecular weight excluding hydrogens is 369 g/mol. The Morgan fingerprint density at radius 3 is 2.58 bits per heavy atom. The largest absolute Gasteiger partial charge is 0.416 e. The van der Waals surface area contributed by atoms with Gasteiger partial charge in [-0.05, 0) is 29.8 Å². The molecule has 2 aromatic carbocycles. The fourth-order valence-corrected chi connectivity index (χ4v) is 3.31. The van der Waals surface area contributed by atoms with Gasteiger partial charge < -0.3 is 14.4 Å². The standard InChI is InChI=1S/C18H14ClF3N2O2/c19-14-6-12(18(20,21)22)2-3-13(14)11-1-4-15-16(5-11)24(10-23-15)7-17(25)8-26-9-17/h1-6,10,25H,7-9H2. The second-order valence-electron chi connectivity index (χ2n) is 6.49. The Balaban J connectivity index is 1.73. The lowest BCUT2D eigenvalue weighted by Crippen LogP contribution is -2.52. The van der Waals surface area contributed by atoms with Crippen LogP contribution >= 0.6 is 11.6 Å². The van der Waals surface area contributed by atoms with E-state index in [1.807, 2.05) is 0 Å². The van der Waals surface area contributed by atoms with Crippen molar-refractivity contribution >= 4 is 22.6 Å². The maximum absolute atomic E-state index is 12.8. The van der Waals surface area contributed by atoms with E-state index in [1.54, 1.807) is 29.1 Å². The van der Waals surface area contributed by atoms with E-state index in [1.165, 1.54) is 6.07 Å². The van der Waals surface area contributed by atoms with Crippen LogP contribution < -0.4 is 0 Å². The molecule has 0 spiro atoms. The van der Waals surface area contributed by atoms with Crippen molar-refractivity contribution in [3.63, 3.8) is 0 Å². The van der Waals surface area contributed by atoms with Crippen molar-refractivity contribution in [3.05, 3.63) is 53.3 Å². The van der Waals surface area contributed by atoms with E-state index in [-0.39, 0.29) is 18.2 Å². The molecule has 1 N–H and O–H groups in total. The van der Waals surface area contributed by atoms with Crippen molar-refractivity contribution < 1.29 is 23.0 Å². The number of fused-ring (bicyclic) bond motifs is 1. The van der Waals surface area contributed by atoms with Crippen LogP contribution in [0.3, 0.4) is 0 Å². The molecule has 0 unspecified atom stereocenters. The van der Waals surface area contributed by atoms with Gasteiger partial charge in [0.2, 0.25) is 0 Å². The molecule has 8 heteroatoms. The van der Waals surface area contributed by atoms with Crippen molar-refractivity contribution in [2.45, 2.75) is 18.3 Å². The van der Waals surface area contributed by atoms with E-state index in [4.69, 9.17) is 16.3 Å². The minimum Gasteiger partial charge on any atom is -0.383 e. The SMILES string of the molecule is OC1(Cn2cnc3ccc(-c4ccc(C(F)(F)F)cc4Cl)cc32)COC1. The van der Waals surface area contributed by atoms with Gasteiger partial charge in [-0.2, -0.15) is 13.2 Å². The van der Waals surface area contributed by atoms with Crippen molar-refractivity contribution in [2.24, 2.45) is 0 Å². The Kier molecular flexibility index (Phi) is 3.98. The maximum atomic E-state index is 12.8. The van der Waals surface area contributed by atoms with Crippen LogP contribution in [0.15, 0.2) is 42.7 Å². The number of rotatable bonds is 3. The molecule has 2 heterocycles. The summed E-state index contributed by atoms with van der Waals surface area (Å²) in [5, 5.41) is 10.3. The first-order chi connectivity index (χ1) is 12.3. The van der Waals surface area contributed by atoms with E-state index in [0.717, 1.165) is 23.2 Å². The van der Waals surface area contributed by atoms with Crippen LogP contribution in [0.5, 0.6) is 0 Å². The number of alkyl halides is 3. The summed E-state index contributed by atoms with van der Waals surface area (Å²) >= 11 is 6.09. The van der Waals surface area contributed by atoms with Crippen LogP contribution in [-0.2, 0) is 17.5 Å². The third-order valence-corrected chi connectivity index (χ3v) is 4.75. The van der Waals surface area contributed by atoms with Crippen molar-refractivity contribution in [1.29, 1.82) is 0 Å². The molecule has 0 saturated carbocycles. The first-order valence-electron chi connectivity index (χ1n) is 7.87. The number of ether oxygens (including phenoxy) is 1. The molecule has 4 nitrogen and oxygen atoms in total. The molecule has 3 aromatic rings. The molecule has 0 aliphatic carbocycles. The third kappa shape index (κ3) is 3.06. The summed E-state index contributed by atoms with van der Waals surface area (Å²) in [5.41, 5.74) is 0.953. The smallest absolute Gasteiger partial charge is 0.383 e. The second kappa shape index (κ2) is 5.97. The van der Waals surface area contributed by atoms with Crippen LogP contribution in [0.25, 0.3) is 22.2 Å². The first kappa shape index (κ1) is 17.3. The Hall–Kier alpha value is -2.09. The first-order valence-corrected chi connectivity index (χ1v) is 8.25. The zero-order chi connectivity index (χ0) is 18.5. The predicted octanol–water partition coefficient (Wildman–Crippen LogP) is 4.14. The van der Waals surface area contributed by atoms with Gasteiger partial charge in [-0.1, -0.05) is 23.7 Å². The number of nitrogens with zero attached hydrogens (tertiary/aromatic N) is 2. The normalized spacial score (nSPS) is 16.7. The number of aliphatic hydroxyl groups is 1. The van der Waals surface area contributed by atoms with E-state index in [9.17, 15) is 18.3 Å². The molecule has 26 heavy (non-hydrogen) atoms. The van der Waals surface area contributed by atoms with Crippen LogP contribution in [0.4, 0.5) is 13.2 Å². The summed E-state index contributed by atoms with van der Waals surface area (Å²) in [4.78, 5) is 4.29. The lowest BCUT2D eigenvalue weighted by molar-refractivity contribution is -0.184. The topological polar surface area (TPSA) is 47.3 Å². The summed E-state index contributed by atoms with van der Waals surface area (Å²) in [5.74, 6) is 0. The zero-order valence-electron chi connectivity index (χ0n) is 13.4. The maximum Gasteiger partial charge on any atom is 0.416 e. The van der Waals surface area contributed by atoms with Crippen LogP contribution in [0.2, 0.25) is 5.02 Å². The van der Waals surface area contributed by atoms with Crippen molar-refractivity contribution in [3.8, 4) is 11.1 Å². The average Bonchev–Trinajstić information content (AvgIpc) is 2.94. The highest BCUT2D eigenvalue weighted by Crippen LogP contribution is 2.36. The number of imidazole rings is 1. The lowest BCUT2D eigenvalue weighted by Gasteiger charge is -2.36. The second-order valence-corrected chi connectivity index (χ2v) is 6.89. The van der Waals surface area contributed by atoms with Gasteiger partial charge in [0.1, 0.15) is 5.60 Å². The van der Waals surface area contributed by atoms with Crippen LogP contribution in [-0.4, -0.2) is 33.5 Å². The minimum absolute atomic E-state index is 0.0243. The summed E-state index contributed by atoms with van der Waals surface area (Å²) in [6, 6.07) is 8.63. The van der Waals surface area contributed by atoms with Gasteiger partial charge in [0.25, 0.3) is 0 Å². The van der Waals surface area contributed by atoms with E-state index in [2.05, 4.69) is 4.98 Å². The minimum atomic E-state index is -4.44. The van der Waals surface area contributed by atoms with E-state index < -0.39 is 17.3 Å². The molecule has 1 saturated heterocycles. The highest BCUT2D eigenvalue weighted by molar-refractivity contribution is 6.33. The fraction of sp³-hybridized carbons (Fsp3) is 0.278. The molecule has 0 atom stereocenters. The molecule has 1 aromatic heterocycles. The number of halogens is 4. The number of aromatic nitrogens is 2. The molecular formula is C18H14ClF3N2O2. The van der Waals surface area contributed by atoms with Crippen LogP contribution in [0.1, 0.15) is 5.56 Å². The molecule has 0 bridgehead atoms. The summed E-state index contributed by atoms with van der Waals surface area (Å²) in [6.45, 7) is 0.849. The Morgan fingerprint density at radius 2 is 1.96 bits per heavy atom. The highest BCUT2D eigenvalue weighted by atomic mass is 35.5. The van der Waals surface area contributed by atoms with E-state index in [0.29, 0.717) is 17.7 Å². The number of hydrogen-bond acceptors (Lipinski definition) is 3. The van der Waals surface area contributed by atoms with Gasteiger partial charge in [-0.3, -0.25) is 0 Å². The zero-order valence-corrected chi connectivity index (χ0v) is 14.2. The highest BCUT2D eigenvalue weighted by Gasteiger charge is 2.36. The quantitative estimate of drug-likeness (QED) is 0.740. The summed E-state index contributed by atoms with van der Waals surface area (Å²) < 4.78 is 45.3. The molecule has 136 valence electrons. The Bertz CT molecular complexity index is 980. The summed E-state index contributed by atoms with van der Waals surface area (Å²) in [6.07, 6.45) is -2.82. The molecule has 0 radical (unpaired) electrons. The predicted molar refractivity (Wildman–Crippen MR) is 90.9 cm³/mol. The van der Waals surface area contributed by atoms with Gasteiger partial charge >= 0.3 is 6.18 Å². The molecule has 1 fully saturated rings. The third-order valence-electron chi connectivity index (χ3n) is 4.43. The molecule has 1 aliphatic heterocycles. The fourth-order valence-electron chi connectivity index (χ4n) is 3.02. The molecule has 1 aliphatic rings. The van der Waals surface area contributed by atoms with Gasteiger partial charge in [0.15, 0.2) is 0 Å². The van der Waals surface area contributed by atoms with Gasteiger partial charge in [0.05, 0.1) is 42.7 Å². The Labute approximate surface area is 151 Å². The molecule has 4 rings (SSSR count). The van der Waals surface area contributed by atoms with Crippen molar-refractivity contribution in [1.82, 2.24) is 9.55 Å². The monoisotopic (exact) mass is 382 g/mol. The van der Waals surface area contributed by atoms with Crippen LogP contribution in [0, 0.1) is 0 Å². The number of hydrogen-bond donors (Lipinski definition) is 1. The molecule has 0 amide bonds. The van der Waals surface area contributed by atoms with Gasteiger partial charge in [0, 0.05) is 10.6 Å². The van der Waals surface area contributed by atoms with Gasteiger partial charge in [-0.25, -0.2) is 4.98 Å². The average molecular weight is 383 g/mol. The summed E-state index contributed by atoms with van der Waals surface area (Å²) in [7, 11) is 0. The number of benzene rings is 2. The lowest BCUT2D eigenvalue weighted by atomic mass is 10.0. The Morgan fingerprint density at radius 1 is 1.19 bits per heavy atom. The van der Waals surface area contributed by atoms with E-state index >= 15 is 0 Å². The van der Waals surface area contributed by atoms with Crippen molar-refractivity contribution in [2.75, 3.05) is 13.2 Å². The van der Waals surface area contributed by atoms with Gasteiger partial charge in [-0.15, -0.1) is 0 Å².